The topological polar surface area (TPSA) is 94.9 Å². The molecule has 0 spiro atoms. The molecule has 0 aromatic rings. The van der Waals surface area contributed by atoms with Crippen LogP contribution in [0, 0.1) is 10.8 Å². The lowest BCUT2D eigenvalue weighted by Crippen LogP contribution is -2.61. The second kappa shape index (κ2) is 4.26. The fourth-order valence-electron chi connectivity index (χ4n) is 2.62. The Morgan fingerprint density at radius 1 is 1.33 bits per heavy atom. The van der Waals surface area contributed by atoms with E-state index in [1.54, 1.807) is 27.7 Å². The molecule has 1 fully saturated rings. The molecule has 2 atom stereocenters. The van der Waals surface area contributed by atoms with E-state index in [2.05, 4.69) is 0 Å². The van der Waals surface area contributed by atoms with Crippen molar-refractivity contribution in [2.45, 2.75) is 40.2 Å². The number of ketones is 1. The van der Waals surface area contributed by atoms with Crippen LogP contribution in [0.25, 0.3) is 0 Å². The smallest absolute Gasteiger partial charge is 0.407 e. The molecule has 18 heavy (non-hydrogen) atoms. The van der Waals surface area contributed by atoms with Crippen LogP contribution in [0.4, 0.5) is 4.79 Å². The predicted octanol–water partition coefficient (Wildman–Crippen LogP) is 1.44. The first-order valence-corrected chi connectivity index (χ1v) is 5.80. The number of carboxylic acids is 1. The van der Waals surface area contributed by atoms with E-state index in [1.807, 2.05) is 0 Å². The van der Waals surface area contributed by atoms with E-state index < -0.39 is 34.7 Å². The average molecular weight is 257 g/mol. The molecule has 0 aromatic carbocycles. The highest BCUT2D eigenvalue weighted by Crippen LogP contribution is 2.46. The molecule has 1 unspecified atom stereocenters. The van der Waals surface area contributed by atoms with E-state index in [0.717, 1.165) is 4.90 Å². The van der Waals surface area contributed by atoms with Gasteiger partial charge in [-0.1, -0.05) is 20.8 Å². The van der Waals surface area contributed by atoms with Crippen molar-refractivity contribution >= 4 is 17.8 Å². The van der Waals surface area contributed by atoms with Gasteiger partial charge in [-0.25, -0.2) is 4.79 Å². The van der Waals surface area contributed by atoms with Crippen LogP contribution in [0.3, 0.4) is 0 Å². The molecule has 0 bridgehead atoms. The Morgan fingerprint density at radius 3 is 2.17 bits per heavy atom. The van der Waals surface area contributed by atoms with E-state index in [-0.39, 0.29) is 13.0 Å². The highest BCUT2D eigenvalue weighted by molar-refractivity contribution is 6.06. The molecule has 0 aromatic heterocycles. The molecule has 1 amide bonds. The number of likely N-dealkylation sites (tertiary alicyclic amines) is 1. The number of nitrogens with zero attached hydrogens (tertiary/aromatic N) is 1. The van der Waals surface area contributed by atoms with Crippen LogP contribution >= 0.6 is 0 Å². The van der Waals surface area contributed by atoms with Crippen LogP contribution in [0.1, 0.15) is 34.1 Å². The van der Waals surface area contributed by atoms with Gasteiger partial charge in [0.05, 0.1) is 6.54 Å². The molecule has 2 N–H and O–H groups in total. The number of carbonyl (C=O) groups is 3. The Kier molecular flexibility index (Phi) is 3.42. The summed E-state index contributed by atoms with van der Waals surface area (Å²) in [7, 11) is 0. The van der Waals surface area contributed by atoms with Gasteiger partial charge in [-0.05, 0) is 18.8 Å². The Hall–Kier alpha value is -1.59. The maximum atomic E-state index is 12.2. The molecule has 102 valence electrons. The van der Waals surface area contributed by atoms with Crippen LogP contribution in [-0.2, 0) is 9.59 Å². The SMILES string of the molecule is C[C@@H]1CC(C(=O)O)(C(C)(C)C)C(=O)CN1C(=O)O. The van der Waals surface area contributed by atoms with E-state index in [1.165, 1.54) is 0 Å². The van der Waals surface area contributed by atoms with Crippen molar-refractivity contribution in [2.75, 3.05) is 6.54 Å². The van der Waals surface area contributed by atoms with Crippen molar-refractivity contribution in [1.29, 1.82) is 0 Å². The predicted molar refractivity (Wildman–Crippen MR) is 63.3 cm³/mol. The third-order valence-corrected chi connectivity index (χ3v) is 3.81. The summed E-state index contributed by atoms with van der Waals surface area (Å²) in [4.78, 5) is 35.7. The number of carbonyl (C=O) groups excluding carboxylic acids is 1. The number of Topliss-reactive ketones (excluding diaryl/α,β-unsaturated/α-hetero) is 1. The first-order valence-electron chi connectivity index (χ1n) is 5.80. The Balaban J connectivity index is 3.22. The summed E-state index contributed by atoms with van der Waals surface area (Å²) < 4.78 is 0. The fraction of sp³-hybridized carbons (Fsp3) is 0.750. The normalized spacial score (nSPS) is 29.2. The second-order valence-corrected chi connectivity index (χ2v) is 5.85. The molecule has 0 saturated carbocycles. The summed E-state index contributed by atoms with van der Waals surface area (Å²) in [6.07, 6.45) is -1.18. The van der Waals surface area contributed by atoms with E-state index in [9.17, 15) is 19.5 Å². The third kappa shape index (κ3) is 1.95. The van der Waals surface area contributed by atoms with Gasteiger partial charge in [0.25, 0.3) is 0 Å². The van der Waals surface area contributed by atoms with Crippen molar-refractivity contribution < 1.29 is 24.6 Å². The zero-order valence-corrected chi connectivity index (χ0v) is 11.1. The minimum absolute atomic E-state index is 0.0109. The van der Waals surface area contributed by atoms with Gasteiger partial charge in [0.2, 0.25) is 0 Å². The molecule has 1 saturated heterocycles. The van der Waals surface area contributed by atoms with Crippen LogP contribution in [0.15, 0.2) is 0 Å². The molecular weight excluding hydrogens is 238 g/mol. The van der Waals surface area contributed by atoms with Gasteiger partial charge < -0.3 is 10.2 Å². The Bertz CT molecular complexity index is 398. The molecule has 1 aliphatic heterocycles. The minimum atomic E-state index is -1.52. The lowest BCUT2D eigenvalue weighted by atomic mass is 9.59. The number of carboxylic acid groups (broad SMARTS) is 2. The van der Waals surface area contributed by atoms with Crippen molar-refractivity contribution in [3.8, 4) is 0 Å². The molecule has 0 aliphatic carbocycles. The Morgan fingerprint density at radius 2 is 1.83 bits per heavy atom. The highest BCUT2D eigenvalue weighted by Gasteiger charge is 2.58. The summed E-state index contributed by atoms with van der Waals surface area (Å²) in [5, 5.41) is 18.4. The molecule has 6 nitrogen and oxygen atoms in total. The second-order valence-electron chi connectivity index (χ2n) is 5.85. The van der Waals surface area contributed by atoms with Crippen LogP contribution in [0.5, 0.6) is 0 Å². The van der Waals surface area contributed by atoms with E-state index in [0.29, 0.717) is 0 Å². The third-order valence-electron chi connectivity index (χ3n) is 3.81. The lowest BCUT2D eigenvalue weighted by molar-refractivity contribution is -0.169. The molecule has 6 heteroatoms. The van der Waals surface area contributed by atoms with Gasteiger partial charge in [-0.15, -0.1) is 0 Å². The Labute approximate surface area is 106 Å². The standard InChI is InChI=1S/C12H19NO5/c1-7-5-12(9(15)16,11(2,3)4)8(14)6-13(7)10(17)18/h7H,5-6H2,1-4H3,(H,15,16)(H,17,18)/t7-,12?/m1/s1. The maximum absolute atomic E-state index is 12.2. The zero-order chi connectivity index (χ0) is 14.3. The molecule has 0 radical (unpaired) electrons. The maximum Gasteiger partial charge on any atom is 0.407 e. The van der Waals surface area contributed by atoms with Gasteiger partial charge in [0.1, 0.15) is 5.41 Å². The monoisotopic (exact) mass is 257 g/mol. The lowest BCUT2D eigenvalue weighted by Gasteiger charge is -2.47. The first-order chi connectivity index (χ1) is 8.04. The number of hydrogen-bond acceptors (Lipinski definition) is 3. The van der Waals surface area contributed by atoms with Gasteiger partial charge in [-0.3, -0.25) is 14.5 Å². The van der Waals surface area contributed by atoms with E-state index in [4.69, 9.17) is 5.11 Å². The van der Waals surface area contributed by atoms with Crippen LogP contribution < -0.4 is 0 Å². The molecule has 1 aliphatic rings. The minimum Gasteiger partial charge on any atom is -0.480 e. The van der Waals surface area contributed by atoms with Gasteiger partial charge in [-0.2, -0.15) is 0 Å². The highest BCUT2D eigenvalue weighted by atomic mass is 16.4. The molecule has 1 rings (SSSR count). The summed E-state index contributed by atoms with van der Waals surface area (Å²) in [6, 6.07) is -0.490. The summed E-state index contributed by atoms with van der Waals surface area (Å²) >= 11 is 0. The molecular formula is C12H19NO5. The quantitative estimate of drug-likeness (QED) is 0.693. The van der Waals surface area contributed by atoms with Crippen LogP contribution in [0.2, 0.25) is 0 Å². The summed E-state index contributed by atoms with van der Waals surface area (Å²) in [5.74, 6) is -1.71. The number of hydrogen-bond donors (Lipinski definition) is 2. The number of amides is 1. The number of piperidine rings is 1. The zero-order valence-electron chi connectivity index (χ0n) is 11.1. The van der Waals surface area contributed by atoms with Crippen molar-refractivity contribution in [3.05, 3.63) is 0 Å². The van der Waals surface area contributed by atoms with Gasteiger partial charge in [0.15, 0.2) is 5.78 Å². The largest absolute Gasteiger partial charge is 0.480 e. The summed E-state index contributed by atoms with van der Waals surface area (Å²) in [5.41, 5.74) is -2.27. The molecule has 1 heterocycles. The van der Waals surface area contributed by atoms with Crippen molar-refractivity contribution in [1.82, 2.24) is 4.90 Å². The average Bonchev–Trinajstić information content (AvgIpc) is 2.18. The number of rotatable bonds is 1. The first kappa shape index (κ1) is 14.5. The summed E-state index contributed by atoms with van der Waals surface area (Å²) in [6.45, 7) is 6.36. The van der Waals surface area contributed by atoms with Crippen molar-refractivity contribution in [3.63, 3.8) is 0 Å². The van der Waals surface area contributed by atoms with E-state index >= 15 is 0 Å². The van der Waals surface area contributed by atoms with Gasteiger partial charge >= 0.3 is 12.1 Å². The van der Waals surface area contributed by atoms with Crippen LogP contribution in [-0.4, -0.2) is 45.5 Å². The number of aliphatic carboxylic acids is 1. The fourth-order valence-corrected chi connectivity index (χ4v) is 2.62. The van der Waals surface area contributed by atoms with Crippen molar-refractivity contribution in [2.24, 2.45) is 10.8 Å². The van der Waals surface area contributed by atoms with Gasteiger partial charge in [0, 0.05) is 6.04 Å².